The minimum Gasteiger partial charge on any atom is -0.396 e. The van der Waals surface area contributed by atoms with Crippen LogP contribution in [-0.4, -0.2) is 23.5 Å². The van der Waals surface area contributed by atoms with Crippen LogP contribution in [0.5, 0.6) is 0 Å². The number of aliphatic hydroxyl groups excluding tert-OH is 1. The SMILES string of the molecule is CC(N)C(SCCCO)c1ccc(Cl)s1. The Labute approximate surface area is 104 Å². The Morgan fingerprint density at radius 1 is 1.60 bits per heavy atom. The molecule has 2 atom stereocenters. The molecule has 0 aromatic carbocycles. The second kappa shape index (κ2) is 6.76. The largest absolute Gasteiger partial charge is 0.396 e. The average molecular weight is 266 g/mol. The van der Waals surface area contributed by atoms with Crippen molar-refractivity contribution in [2.45, 2.75) is 24.6 Å². The molecule has 0 radical (unpaired) electrons. The summed E-state index contributed by atoms with van der Waals surface area (Å²) in [7, 11) is 0. The number of thiophene rings is 1. The van der Waals surface area contributed by atoms with Crippen LogP contribution in [-0.2, 0) is 0 Å². The molecule has 1 rings (SSSR count). The Kier molecular flexibility index (Phi) is 6.00. The number of halogens is 1. The average Bonchev–Trinajstić information content (AvgIpc) is 2.59. The summed E-state index contributed by atoms with van der Waals surface area (Å²) >= 11 is 9.27. The van der Waals surface area contributed by atoms with Gasteiger partial charge in [0, 0.05) is 17.5 Å². The third-order valence-electron chi connectivity index (χ3n) is 1.95. The van der Waals surface area contributed by atoms with Crippen LogP contribution in [0.3, 0.4) is 0 Å². The van der Waals surface area contributed by atoms with Gasteiger partial charge >= 0.3 is 0 Å². The predicted octanol–water partition coefficient (Wildman–Crippen LogP) is 2.91. The molecular formula is C10H16ClNOS2. The molecule has 2 unspecified atom stereocenters. The van der Waals surface area contributed by atoms with Crippen LogP contribution in [0.25, 0.3) is 0 Å². The molecule has 0 spiro atoms. The Balaban J connectivity index is 2.58. The first-order valence-corrected chi connectivity index (χ1v) is 7.12. The summed E-state index contributed by atoms with van der Waals surface area (Å²) < 4.78 is 0.804. The first-order chi connectivity index (χ1) is 7.15. The molecule has 15 heavy (non-hydrogen) atoms. The maximum absolute atomic E-state index is 8.73. The van der Waals surface area contributed by atoms with E-state index in [0.29, 0.717) is 0 Å². The summed E-state index contributed by atoms with van der Waals surface area (Å²) in [5.41, 5.74) is 5.94. The number of hydrogen-bond donors (Lipinski definition) is 2. The summed E-state index contributed by atoms with van der Waals surface area (Å²) in [6.07, 6.45) is 0.812. The van der Waals surface area contributed by atoms with E-state index < -0.39 is 0 Å². The van der Waals surface area contributed by atoms with Crippen molar-refractivity contribution >= 4 is 34.7 Å². The third-order valence-corrected chi connectivity index (χ3v) is 4.98. The standard InChI is InChI=1S/C10H16ClNOS2/c1-7(12)10(14-6-2-5-13)8-3-4-9(11)15-8/h3-4,7,10,13H,2,5-6,12H2,1H3. The fourth-order valence-electron chi connectivity index (χ4n) is 1.25. The summed E-state index contributed by atoms with van der Waals surface area (Å²) in [6.45, 7) is 2.24. The Morgan fingerprint density at radius 2 is 2.33 bits per heavy atom. The molecule has 0 aliphatic heterocycles. The number of thioether (sulfide) groups is 1. The van der Waals surface area contributed by atoms with Crippen molar-refractivity contribution in [3.05, 3.63) is 21.3 Å². The van der Waals surface area contributed by atoms with Gasteiger partial charge in [-0.2, -0.15) is 11.8 Å². The van der Waals surface area contributed by atoms with Crippen molar-refractivity contribution in [3.8, 4) is 0 Å². The number of hydrogen-bond acceptors (Lipinski definition) is 4. The van der Waals surface area contributed by atoms with Crippen molar-refractivity contribution < 1.29 is 5.11 Å². The van der Waals surface area contributed by atoms with E-state index >= 15 is 0 Å². The summed E-state index contributed by atoms with van der Waals surface area (Å²) in [6, 6.07) is 4.04. The molecule has 86 valence electrons. The lowest BCUT2D eigenvalue weighted by Gasteiger charge is -2.18. The lowest BCUT2D eigenvalue weighted by atomic mass is 10.2. The minimum absolute atomic E-state index is 0.100. The van der Waals surface area contributed by atoms with Crippen LogP contribution in [0, 0.1) is 0 Å². The fourth-order valence-corrected chi connectivity index (χ4v) is 3.85. The van der Waals surface area contributed by atoms with Gasteiger partial charge in [0.15, 0.2) is 0 Å². The van der Waals surface area contributed by atoms with Gasteiger partial charge in [-0.1, -0.05) is 11.6 Å². The zero-order valence-electron chi connectivity index (χ0n) is 8.65. The van der Waals surface area contributed by atoms with Gasteiger partial charge in [0.25, 0.3) is 0 Å². The summed E-state index contributed by atoms with van der Waals surface area (Å²) in [4.78, 5) is 1.22. The van der Waals surface area contributed by atoms with Crippen LogP contribution < -0.4 is 5.73 Å². The molecule has 0 amide bonds. The van der Waals surface area contributed by atoms with Gasteiger partial charge in [0.1, 0.15) is 0 Å². The van der Waals surface area contributed by atoms with Crippen molar-refractivity contribution in [1.82, 2.24) is 0 Å². The highest BCUT2D eigenvalue weighted by molar-refractivity contribution is 7.99. The normalized spacial score (nSPS) is 15.2. The number of aliphatic hydroxyl groups is 1. The second-order valence-electron chi connectivity index (χ2n) is 3.37. The topological polar surface area (TPSA) is 46.2 Å². The minimum atomic E-state index is 0.100. The van der Waals surface area contributed by atoms with E-state index in [1.807, 2.05) is 19.1 Å². The van der Waals surface area contributed by atoms with E-state index in [2.05, 4.69) is 0 Å². The molecule has 0 saturated heterocycles. The smallest absolute Gasteiger partial charge is 0.0931 e. The summed E-state index contributed by atoms with van der Waals surface area (Å²) in [5.74, 6) is 0.929. The molecule has 0 aliphatic rings. The quantitative estimate of drug-likeness (QED) is 0.778. The monoisotopic (exact) mass is 265 g/mol. The molecule has 0 fully saturated rings. The van der Waals surface area contributed by atoms with Crippen LogP contribution in [0.15, 0.2) is 12.1 Å². The lowest BCUT2D eigenvalue weighted by molar-refractivity contribution is 0.296. The maximum atomic E-state index is 8.73. The predicted molar refractivity (Wildman–Crippen MR) is 69.9 cm³/mol. The molecule has 5 heteroatoms. The number of rotatable bonds is 6. The molecule has 0 aliphatic carbocycles. The highest BCUT2D eigenvalue weighted by Crippen LogP contribution is 2.37. The van der Waals surface area contributed by atoms with E-state index in [-0.39, 0.29) is 17.9 Å². The lowest BCUT2D eigenvalue weighted by Crippen LogP contribution is -2.22. The van der Waals surface area contributed by atoms with E-state index in [9.17, 15) is 0 Å². The first kappa shape index (κ1) is 13.3. The number of nitrogens with two attached hydrogens (primary N) is 1. The Morgan fingerprint density at radius 3 is 2.80 bits per heavy atom. The van der Waals surface area contributed by atoms with Gasteiger partial charge in [-0.25, -0.2) is 0 Å². The molecule has 3 N–H and O–H groups in total. The summed E-state index contributed by atoms with van der Waals surface area (Å²) in [5, 5.41) is 9.02. The molecular weight excluding hydrogens is 250 g/mol. The van der Waals surface area contributed by atoms with E-state index in [1.54, 1.807) is 23.1 Å². The first-order valence-electron chi connectivity index (χ1n) is 4.88. The molecule has 2 nitrogen and oxygen atoms in total. The van der Waals surface area contributed by atoms with Crippen LogP contribution in [0.4, 0.5) is 0 Å². The maximum Gasteiger partial charge on any atom is 0.0931 e. The Hall–Kier alpha value is 0.260. The van der Waals surface area contributed by atoms with Gasteiger partial charge in [-0.05, 0) is 31.2 Å². The van der Waals surface area contributed by atoms with Crippen LogP contribution >= 0.6 is 34.7 Å². The van der Waals surface area contributed by atoms with Crippen LogP contribution in [0.1, 0.15) is 23.5 Å². The molecule has 1 aromatic heterocycles. The van der Waals surface area contributed by atoms with Gasteiger partial charge in [0.05, 0.1) is 9.59 Å². The van der Waals surface area contributed by atoms with Gasteiger partial charge in [-0.3, -0.25) is 0 Å². The third kappa shape index (κ3) is 4.33. The van der Waals surface area contributed by atoms with E-state index in [0.717, 1.165) is 16.5 Å². The van der Waals surface area contributed by atoms with E-state index in [1.165, 1.54) is 4.88 Å². The van der Waals surface area contributed by atoms with Crippen molar-refractivity contribution in [2.75, 3.05) is 12.4 Å². The van der Waals surface area contributed by atoms with Gasteiger partial charge < -0.3 is 10.8 Å². The van der Waals surface area contributed by atoms with Crippen molar-refractivity contribution in [2.24, 2.45) is 5.73 Å². The van der Waals surface area contributed by atoms with Crippen molar-refractivity contribution in [3.63, 3.8) is 0 Å². The molecule has 1 heterocycles. The Bertz CT molecular complexity index is 291. The molecule has 1 aromatic rings. The highest BCUT2D eigenvalue weighted by Gasteiger charge is 2.18. The van der Waals surface area contributed by atoms with Gasteiger partial charge in [-0.15, -0.1) is 11.3 Å². The zero-order valence-corrected chi connectivity index (χ0v) is 11.0. The van der Waals surface area contributed by atoms with E-state index in [4.69, 9.17) is 22.4 Å². The molecule has 0 bridgehead atoms. The zero-order chi connectivity index (χ0) is 11.3. The second-order valence-corrected chi connectivity index (χ2v) is 6.37. The van der Waals surface area contributed by atoms with Crippen LogP contribution in [0.2, 0.25) is 4.34 Å². The highest BCUT2D eigenvalue weighted by atomic mass is 35.5. The fraction of sp³-hybridized carbons (Fsp3) is 0.600. The van der Waals surface area contributed by atoms with Gasteiger partial charge in [0.2, 0.25) is 0 Å². The van der Waals surface area contributed by atoms with Crippen molar-refractivity contribution in [1.29, 1.82) is 0 Å². The molecule has 0 saturated carbocycles.